The van der Waals surface area contributed by atoms with Crippen LogP contribution < -0.4 is 11.0 Å². The molecule has 11 nitrogen and oxygen atoms in total. The number of likely N-dealkylation sites (N-methyl/N-ethyl adjacent to an activating group) is 1. The number of nitrogens with one attached hydrogen (secondary N) is 1. The molecule has 1 aliphatic rings. The van der Waals surface area contributed by atoms with Gasteiger partial charge in [-0.3, -0.25) is 19.1 Å². The third-order valence-corrected chi connectivity index (χ3v) is 9.94. The van der Waals surface area contributed by atoms with Gasteiger partial charge in [0.1, 0.15) is 11.6 Å². The van der Waals surface area contributed by atoms with Crippen molar-refractivity contribution >= 4 is 26.6 Å². The van der Waals surface area contributed by atoms with Crippen LogP contribution in [0.4, 0.5) is 8.78 Å². The summed E-state index contributed by atoms with van der Waals surface area (Å²) in [6.07, 6.45) is 3.41. The van der Waals surface area contributed by atoms with E-state index in [1.807, 2.05) is 11.9 Å². The summed E-state index contributed by atoms with van der Waals surface area (Å²) in [5.41, 5.74) is 2.37. The smallest absolute Gasteiger partial charge is 0.264 e. The van der Waals surface area contributed by atoms with E-state index in [2.05, 4.69) is 10.5 Å². The minimum Gasteiger partial charge on any atom is -0.383 e. The molecule has 3 aromatic rings. The van der Waals surface area contributed by atoms with E-state index in [1.54, 1.807) is 13.2 Å². The van der Waals surface area contributed by atoms with E-state index in [4.69, 9.17) is 14.3 Å². The van der Waals surface area contributed by atoms with Crippen LogP contribution in [0.5, 0.6) is 0 Å². The summed E-state index contributed by atoms with van der Waals surface area (Å²) in [7, 11) is -0.494. The fourth-order valence-electron chi connectivity index (χ4n) is 4.89. The predicted octanol–water partition coefficient (Wildman–Crippen LogP) is 3.19. The van der Waals surface area contributed by atoms with Crippen molar-refractivity contribution in [2.75, 3.05) is 40.2 Å². The molecule has 1 aliphatic heterocycles. The first-order chi connectivity index (χ1) is 20.8. The van der Waals surface area contributed by atoms with Crippen LogP contribution in [0.25, 0.3) is 22.0 Å². The molecule has 240 valence electrons. The van der Waals surface area contributed by atoms with E-state index in [9.17, 15) is 18.0 Å². The van der Waals surface area contributed by atoms with Crippen molar-refractivity contribution < 1.29 is 36.3 Å². The minimum atomic E-state index is -3.98. The quantitative estimate of drug-likeness (QED) is 0.281. The Hall–Kier alpha value is -3.30. The molecule has 2 heterocycles. The number of hydrogen-bond acceptors (Lipinski definition) is 9. The second-order valence-electron chi connectivity index (χ2n) is 11.2. The van der Waals surface area contributed by atoms with Gasteiger partial charge in [0, 0.05) is 57.2 Å². The van der Waals surface area contributed by atoms with Gasteiger partial charge in [0.05, 0.1) is 23.8 Å². The topological polar surface area (TPSA) is 129 Å². The van der Waals surface area contributed by atoms with Gasteiger partial charge in [-0.05, 0) is 57.0 Å². The lowest BCUT2D eigenvalue weighted by Gasteiger charge is -2.28. The highest BCUT2D eigenvalue weighted by molar-refractivity contribution is 7.92. The molecule has 1 N–H and O–H groups in total. The van der Waals surface area contributed by atoms with E-state index in [0.29, 0.717) is 38.3 Å². The number of amides is 1. The lowest BCUT2D eigenvalue weighted by Crippen LogP contribution is -2.51. The van der Waals surface area contributed by atoms with Crippen LogP contribution in [0.1, 0.15) is 38.2 Å². The number of hydrogen-bond donors (Lipinski definition) is 1. The van der Waals surface area contributed by atoms with Gasteiger partial charge < -0.3 is 9.47 Å². The van der Waals surface area contributed by atoms with Gasteiger partial charge in [0.25, 0.3) is 11.5 Å². The normalized spacial score (nSPS) is 17.1. The molecule has 1 aromatic heterocycles. The Labute approximate surface area is 255 Å². The Morgan fingerprint density at radius 3 is 2.61 bits per heavy atom. The van der Waals surface area contributed by atoms with Gasteiger partial charge in [0.15, 0.2) is 20.9 Å². The van der Waals surface area contributed by atoms with Gasteiger partial charge >= 0.3 is 0 Å². The SMILES string of the molecule is COCCN(C)Cc1ccc(-c2cc3ncn(CC[C@](C)(C(=O)NOC4CCCCO4)S(C)(=O)=O)c(=O)c3cc2F)c(F)c1. The molecule has 1 fully saturated rings. The number of carbonyl (C=O) groups is 1. The molecule has 1 saturated heterocycles. The molecule has 2 aromatic carbocycles. The minimum absolute atomic E-state index is 0.0226. The van der Waals surface area contributed by atoms with Crippen molar-refractivity contribution in [3.63, 3.8) is 0 Å². The van der Waals surface area contributed by atoms with E-state index in [1.165, 1.54) is 31.5 Å². The number of rotatable bonds is 13. The van der Waals surface area contributed by atoms with Gasteiger partial charge in [-0.2, -0.15) is 0 Å². The molecule has 4 rings (SSSR count). The maximum Gasteiger partial charge on any atom is 0.264 e. The number of nitrogens with zero attached hydrogens (tertiary/aromatic N) is 3. The summed E-state index contributed by atoms with van der Waals surface area (Å²) < 4.78 is 65.4. The first kappa shape index (κ1) is 33.6. The van der Waals surface area contributed by atoms with Gasteiger partial charge in [-0.15, -0.1) is 0 Å². The number of hydroxylamine groups is 1. The number of aryl methyl sites for hydroxylation is 1. The molecule has 44 heavy (non-hydrogen) atoms. The average molecular weight is 637 g/mol. The second kappa shape index (κ2) is 14.2. The largest absolute Gasteiger partial charge is 0.383 e. The van der Waals surface area contributed by atoms with Gasteiger partial charge in [0.2, 0.25) is 0 Å². The molecule has 0 aliphatic carbocycles. The Morgan fingerprint density at radius 2 is 1.95 bits per heavy atom. The Morgan fingerprint density at radius 1 is 1.20 bits per heavy atom. The van der Waals surface area contributed by atoms with Crippen molar-refractivity contribution in [2.24, 2.45) is 0 Å². The van der Waals surface area contributed by atoms with Gasteiger partial charge in [-0.25, -0.2) is 32.5 Å². The third-order valence-electron chi connectivity index (χ3n) is 7.92. The van der Waals surface area contributed by atoms with Crippen LogP contribution in [-0.4, -0.2) is 80.0 Å². The zero-order valence-electron chi connectivity index (χ0n) is 25.3. The number of sulfone groups is 1. The molecule has 14 heteroatoms. The summed E-state index contributed by atoms with van der Waals surface area (Å²) in [5.74, 6) is -2.34. The van der Waals surface area contributed by atoms with E-state index in [-0.39, 0.29) is 35.0 Å². The summed E-state index contributed by atoms with van der Waals surface area (Å²) in [6, 6.07) is 6.83. The molecule has 0 saturated carbocycles. The van der Waals surface area contributed by atoms with Crippen molar-refractivity contribution in [3.05, 3.63) is 64.2 Å². The Bertz CT molecular complexity index is 1660. The maximum absolute atomic E-state index is 15.3. The molecule has 1 unspecified atom stereocenters. The second-order valence-corrected chi connectivity index (χ2v) is 13.7. The lowest BCUT2D eigenvalue weighted by atomic mass is 10.0. The summed E-state index contributed by atoms with van der Waals surface area (Å²) in [4.78, 5) is 37.7. The molecule has 0 bridgehead atoms. The monoisotopic (exact) mass is 636 g/mol. The number of methoxy groups -OCH3 is 1. The Balaban J connectivity index is 1.53. The number of fused-ring (bicyclic) bond motifs is 1. The zero-order chi connectivity index (χ0) is 32.1. The number of halogens is 2. The number of benzene rings is 2. The summed E-state index contributed by atoms with van der Waals surface area (Å²) >= 11 is 0. The predicted molar refractivity (Wildman–Crippen MR) is 160 cm³/mol. The number of carbonyl (C=O) groups excluding carboxylic acids is 1. The highest BCUT2D eigenvalue weighted by atomic mass is 32.2. The lowest BCUT2D eigenvalue weighted by molar-refractivity contribution is -0.201. The van der Waals surface area contributed by atoms with Crippen LogP contribution in [0.15, 0.2) is 41.5 Å². The number of ether oxygens (including phenoxy) is 2. The third kappa shape index (κ3) is 7.67. The van der Waals surface area contributed by atoms with Crippen LogP contribution in [-0.2, 0) is 42.0 Å². The fraction of sp³-hybridized carbons (Fsp3) is 0.500. The molecule has 1 amide bonds. The van der Waals surface area contributed by atoms with E-state index >= 15 is 8.78 Å². The van der Waals surface area contributed by atoms with Crippen molar-refractivity contribution in [3.8, 4) is 11.1 Å². The summed E-state index contributed by atoms with van der Waals surface area (Å²) in [5, 5.41) is -0.0752. The maximum atomic E-state index is 15.3. The highest BCUT2D eigenvalue weighted by Gasteiger charge is 2.44. The van der Waals surface area contributed by atoms with Crippen LogP contribution >= 0.6 is 0 Å². The highest BCUT2D eigenvalue weighted by Crippen LogP contribution is 2.29. The Kier molecular flexibility index (Phi) is 10.8. The van der Waals surface area contributed by atoms with Crippen molar-refractivity contribution in [2.45, 2.75) is 56.7 Å². The zero-order valence-corrected chi connectivity index (χ0v) is 26.1. The summed E-state index contributed by atoms with van der Waals surface area (Å²) in [6.45, 7) is 3.17. The van der Waals surface area contributed by atoms with Crippen molar-refractivity contribution in [1.29, 1.82) is 0 Å². The molecule has 0 spiro atoms. The molecule has 2 atom stereocenters. The molecule has 0 radical (unpaired) electrons. The first-order valence-corrected chi connectivity index (χ1v) is 16.2. The van der Waals surface area contributed by atoms with E-state index < -0.39 is 44.0 Å². The fourth-order valence-corrected chi connectivity index (χ4v) is 5.73. The molecular weight excluding hydrogens is 598 g/mol. The van der Waals surface area contributed by atoms with Crippen LogP contribution in [0.3, 0.4) is 0 Å². The average Bonchev–Trinajstić information content (AvgIpc) is 2.98. The van der Waals surface area contributed by atoms with Crippen LogP contribution in [0.2, 0.25) is 0 Å². The number of aromatic nitrogens is 2. The van der Waals surface area contributed by atoms with Crippen LogP contribution in [0, 0.1) is 11.6 Å². The molecular formula is C30H38F2N4O7S. The van der Waals surface area contributed by atoms with E-state index in [0.717, 1.165) is 29.7 Å². The van der Waals surface area contributed by atoms with Gasteiger partial charge in [-0.1, -0.05) is 12.1 Å². The standard InChI is InChI=1S/C30H38F2N4O7S/c1-30(44(4,39)40,29(38)34-43-27-7-5-6-13-42-27)10-11-36-19-33-26-17-22(25(32)16-23(26)28(36)37)21-9-8-20(15-24(21)31)18-35(2)12-14-41-3/h8-9,15-17,19,27H,5-7,10-14,18H2,1-4H3,(H,34,38)/t27?,30-/m1/s1. The van der Waals surface area contributed by atoms with Crippen molar-refractivity contribution in [1.82, 2.24) is 19.9 Å². The first-order valence-electron chi connectivity index (χ1n) is 14.3.